The number of aromatic hydroxyl groups is 3. The van der Waals surface area contributed by atoms with Gasteiger partial charge in [0.25, 0.3) is 0 Å². The van der Waals surface area contributed by atoms with Gasteiger partial charge in [0.1, 0.15) is 22.8 Å². The smallest absolute Gasteiger partial charge is 0.177 e. The first-order chi connectivity index (χ1) is 12.4. The van der Waals surface area contributed by atoms with E-state index in [0.717, 1.165) is 6.42 Å². The molecule has 3 aromatic rings. The summed E-state index contributed by atoms with van der Waals surface area (Å²) in [5, 5.41) is 31.0. The predicted octanol–water partition coefficient (Wildman–Crippen LogP) is 5.12. The Bertz CT molecular complexity index is 982. The summed E-state index contributed by atoms with van der Waals surface area (Å²) < 4.78 is 11.1. The predicted molar refractivity (Wildman–Crippen MR) is 101 cm³/mol. The van der Waals surface area contributed by atoms with E-state index >= 15 is 0 Å². The molecule has 136 valence electrons. The summed E-state index contributed by atoms with van der Waals surface area (Å²) in [5.74, 6) is 0.804. The zero-order valence-electron chi connectivity index (χ0n) is 15.0. The number of rotatable bonds is 5. The molecule has 0 aliphatic rings. The molecule has 0 saturated heterocycles. The number of allylic oxidation sites excluding steroid dienone is 2. The molecule has 0 saturated carbocycles. The van der Waals surface area contributed by atoms with Crippen molar-refractivity contribution in [3.8, 4) is 34.3 Å². The van der Waals surface area contributed by atoms with Crippen molar-refractivity contribution in [2.45, 2.75) is 26.7 Å². The van der Waals surface area contributed by atoms with Crippen LogP contribution in [0.2, 0.25) is 0 Å². The van der Waals surface area contributed by atoms with Crippen LogP contribution < -0.4 is 4.74 Å². The first-order valence-electron chi connectivity index (χ1n) is 8.45. The van der Waals surface area contributed by atoms with Crippen LogP contribution in [-0.4, -0.2) is 22.4 Å². The number of hydrogen-bond donors (Lipinski definition) is 3. The van der Waals surface area contributed by atoms with Crippen LogP contribution in [0.3, 0.4) is 0 Å². The molecule has 0 amide bonds. The van der Waals surface area contributed by atoms with Gasteiger partial charge in [-0.3, -0.25) is 0 Å². The third kappa shape index (κ3) is 3.20. The van der Waals surface area contributed by atoms with Gasteiger partial charge in [-0.2, -0.15) is 0 Å². The lowest BCUT2D eigenvalue weighted by molar-refractivity contribution is 0.401. The van der Waals surface area contributed by atoms with Gasteiger partial charge in [0.15, 0.2) is 11.5 Å². The molecule has 0 aliphatic heterocycles. The van der Waals surface area contributed by atoms with Gasteiger partial charge in [0, 0.05) is 17.2 Å². The molecule has 1 aromatic heterocycles. The largest absolute Gasteiger partial charge is 0.508 e. The number of hydrogen-bond acceptors (Lipinski definition) is 5. The molecule has 1 heterocycles. The molecule has 0 bridgehead atoms. The Labute approximate surface area is 151 Å². The highest BCUT2D eigenvalue weighted by atomic mass is 16.5. The fraction of sp³-hybridized carbons (Fsp3) is 0.238. The average Bonchev–Trinajstić information content (AvgIpc) is 2.95. The van der Waals surface area contributed by atoms with Gasteiger partial charge in [-0.05, 0) is 44.0 Å². The standard InChI is InChI=1S/C21H22O5/c1-4-12(2)5-7-15-17(23)9-13(10-18(15)25-3)21-20(24)16-8-6-14(22)11-19(16)26-21/h5-6,8-11,22-24H,4,7H2,1-3H3. The van der Waals surface area contributed by atoms with E-state index in [-0.39, 0.29) is 23.0 Å². The van der Waals surface area contributed by atoms with E-state index in [1.54, 1.807) is 18.2 Å². The third-order valence-corrected chi connectivity index (χ3v) is 4.53. The minimum Gasteiger partial charge on any atom is -0.508 e. The van der Waals surface area contributed by atoms with E-state index in [9.17, 15) is 15.3 Å². The Morgan fingerprint density at radius 1 is 1.15 bits per heavy atom. The van der Waals surface area contributed by atoms with E-state index < -0.39 is 0 Å². The van der Waals surface area contributed by atoms with Crippen molar-refractivity contribution >= 4 is 11.0 Å². The van der Waals surface area contributed by atoms with E-state index in [1.807, 2.05) is 6.92 Å². The maximum atomic E-state index is 10.5. The number of phenols is 2. The number of fused-ring (bicyclic) bond motifs is 1. The summed E-state index contributed by atoms with van der Waals surface area (Å²) in [6, 6.07) is 7.76. The Balaban J connectivity index is 2.09. The fourth-order valence-electron chi connectivity index (χ4n) is 2.84. The van der Waals surface area contributed by atoms with Crippen molar-refractivity contribution in [1.29, 1.82) is 0 Å². The van der Waals surface area contributed by atoms with Crippen LogP contribution in [0.4, 0.5) is 0 Å². The molecule has 26 heavy (non-hydrogen) atoms. The topological polar surface area (TPSA) is 83.1 Å². The molecule has 0 atom stereocenters. The zero-order chi connectivity index (χ0) is 18.8. The zero-order valence-corrected chi connectivity index (χ0v) is 15.0. The van der Waals surface area contributed by atoms with Crippen molar-refractivity contribution in [1.82, 2.24) is 0 Å². The van der Waals surface area contributed by atoms with Crippen LogP contribution in [0, 0.1) is 0 Å². The Hall–Kier alpha value is -3.08. The van der Waals surface area contributed by atoms with E-state index in [1.165, 1.54) is 24.8 Å². The van der Waals surface area contributed by atoms with Crippen molar-refractivity contribution in [3.63, 3.8) is 0 Å². The van der Waals surface area contributed by atoms with Gasteiger partial charge in [-0.15, -0.1) is 0 Å². The number of ether oxygens (including phenoxy) is 1. The van der Waals surface area contributed by atoms with Crippen molar-refractivity contribution in [2.24, 2.45) is 0 Å². The summed E-state index contributed by atoms with van der Waals surface area (Å²) >= 11 is 0. The monoisotopic (exact) mass is 354 g/mol. The summed E-state index contributed by atoms with van der Waals surface area (Å²) in [5.41, 5.74) is 2.76. The first-order valence-corrected chi connectivity index (χ1v) is 8.45. The van der Waals surface area contributed by atoms with E-state index in [2.05, 4.69) is 13.0 Å². The quantitative estimate of drug-likeness (QED) is 0.554. The van der Waals surface area contributed by atoms with E-state index in [0.29, 0.717) is 34.3 Å². The summed E-state index contributed by atoms with van der Waals surface area (Å²) in [6.07, 6.45) is 3.55. The average molecular weight is 354 g/mol. The molecular formula is C21H22O5. The van der Waals surface area contributed by atoms with Gasteiger partial charge >= 0.3 is 0 Å². The molecule has 0 unspecified atom stereocenters. The van der Waals surface area contributed by atoms with Crippen LogP contribution in [0.5, 0.6) is 23.0 Å². The molecule has 3 N–H and O–H groups in total. The van der Waals surface area contributed by atoms with Crippen LogP contribution in [0.25, 0.3) is 22.3 Å². The lowest BCUT2D eigenvalue weighted by Crippen LogP contribution is -1.93. The maximum Gasteiger partial charge on any atom is 0.177 e. The lowest BCUT2D eigenvalue weighted by Gasteiger charge is -2.11. The number of phenolic OH excluding ortho intramolecular Hbond substituents is 2. The Morgan fingerprint density at radius 3 is 2.62 bits per heavy atom. The Morgan fingerprint density at radius 2 is 1.92 bits per heavy atom. The maximum absolute atomic E-state index is 10.5. The minimum atomic E-state index is -0.0454. The molecule has 0 aliphatic carbocycles. The normalized spacial score (nSPS) is 11.9. The summed E-state index contributed by atoms with van der Waals surface area (Å²) in [6.45, 7) is 4.12. The SMILES string of the molecule is CCC(C)=CCc1c(O)cc(-c2oc3cc(O)ccc3c2O)cc1OC. The van der Waals surface area contributed by atoms with Gasteiger partial charge in [0.05, 0.1) is 12.5 Å². The highest BCUT2D eigenvalue weighted by Gasteiger charge is 2.19. The van der Waals surface area contributed by atoms with Crippen molar-refractivity contribution in [3.05, 3.63) is 47.5 Å². The third-order valence-electron chi connectivity index (χ3n) is 4.53. The first kappa shape index (κ1) is 17.7. The van der Waals surface area contributed by atoms with Gasteiger partial charge in [-0.1, -0.05) is 18.6 Å². The Kier molecular flexibility index (Phi) is 4.80. The highest BCUT2D eigenvalue weighted by Crippen LogP contribution is 2.43. The van der Waals surface area contributed by atoms with Crippen LogP contribution in [0.1, 0.15) is 25.8 Å². The molecule has 5 heteroatoms. The minimum absolute atomic E-state index is 0.0454. The summed E-state index contributed by atoms with van der Waals surface area (Å²) in [4.78, 5) is 0. The van der Waals surface area contributed by atoms with Crippen molar-refractivity contribution in [2.75, 3.05) is 7.11 Å². The second kappa shape index (κ2) is 7.04. The van der Waals surface area contributed by atoms with Crippen LogP contribution in [0.15, 0.2) is 46.4 Å². The summed E-state index contributed by atoms with van der Waals surface area (Å²) in [7, 11) is 1.54. The molecule has 5 nitrogen and oxygen atoms in total. The molecule has 2 aromatic carbocycles. The molecule has 0 spiro atoms. The van der Waals surface area contributed by atoms with Gasteiger partial charge in [-0.25, -0.2) is 0 Å². The molecular weight excluding hydrogens is 332 g/mol. The van der Waals surface area contributed by atoms with Crippen molar-refractivity contribution < 1.29 is 24.5 Å². The van der Waals surface area contributed by atoms with E-state index in [4.69, 9.17) is 9.15 Å². The van der Waals surface area contributed by atoms with Crippen LogP contribution in [-0.2, 0) is 6.42 Å². The lowest BCUT2D eigenvalue weighted by atomic mass is 10.0. The number of furan rings is 1. The molecule has 0 radical (unpaired) electrons. The number of methoxy groups -OCH3 is 1. The van der Waals surface area contributed by atoms with Gasteiger partial charge < -0.3 is 24.5 Å². The number of benzene rings is 2. The molecule has 0 fully saturated rings. The van der Waals surface area contributed by atoms with Crippen LogP contribution >= 0.6 is 0 Å². The van der Waals surface area contributed by atoms with Gasteiger partial charge in [0.2, 0.25) is 0 Å². The second-order valence-electron chi connectivity index (χ2n) is 6.24. The second-order valence-corrected chi connectivity index (χ2v) is 6.24. The fourth-order valence-corrected chi connectivity index (χ4v) is 2.84. The molecule has 3 rings (SSSR count). The highest BCUT2D eigenvalue weighted by molar-refractivity contribution is 5.92.